The lowest BCUT2D eigenvalue weighted by Gasteiger charge is -2.12. The summed E-state index contributed by atoms with van der Waals surface area (Å²) in [5.74, 6) is -0.388. The van der Waals surface area contributed by atoms with Gasteiger partial charge in [-0.3, -0.25) is 9.52 Å². The molecule has 6 nitrogen and oxygen atoms in total. The third-order valence-electron chi connectivity index (χ3n) is 3.13. The first-order valence-electron chi connectivity index (χ1n) is 7.08. The summed E-state index contributed by atoms with van der Waals surface area (Å²) in [6.45, 7) is 0.692. The molecule has 0 spiro atoms. The first kappa shape index (κ1) is 18.3. The van der Waals surface area contributed by atoms with E-state index in [0.717, 1.165) is 0 Å². The maximum Gasteiger partial charge on any atom is 0.261 e. The number of amides is 1. The fraction of sp³-hybridized carbons (Fsp3) is 0.188. The number of nitrogens with one attached hydrogen (secondary N) is 2. The molecule has 0 aliphatic carbocycles. The van der Waals surface area contributed by atoms with Gasteiger partial charge in [0.1, 0.15) is 0 Å². The van der Waals surface area contributed by atoms with E-state index >= 15 is 0 Å². The molecular formula is C16H17ClN2O4S. The zero-order valence-corrected chi connectivity index (χ0v) is 14.5. The van der Waals surface area contributed by atoms with Crippen molar-refractivity contribution in [2.45, 2.75) is 4.90 Å². The Hall–Kier alpha value is -2.09. The van der Waals surface area contributed by atoms with Crippen molar-refractivity contribution in [2.75, 3.05) is 25.0 Å². The van der Waals surface area contributed by atoms with Gasteiger partial charge in [0, 0.05) is 18.7 Å². The smallest absolute Gasteiger partial charge is 0.261 e. The molecule has 0 heterocycles. The summed E-state index contributed by atoms with van der Waals surface area (Å²) >= 11 is 5.77. The van der Waals surface area contributed by atoms with Crippen molar-refractivity contribution in [3.63, 3.8) is 0 Å². The van der Waals surface area contributed by atoms with E-state index in [1.165, 1.54) is 37.4 Å². The van der Waals surface area contributed by atoms with E-state index in [4.69, 9.17) is 16.3 Å². The van der Waals surface area contributed by atoms with Crippen molar-refractivity contribution >= 4 is 33.2 Å². The number of para-hydroxylation sites is 1. The molecule has 0 aliphatic heterocycles. The fourth-order valence-electron chi connectivity index (χ4n) is 1.95. The van der Waals surface area contributed by atoms with Crippen molar-refractivity contribution in [3.05, 3.63) is 59.1 Å². The van der Waals surface area contributed by atoms with Gasteiger partial charge >= 0.3 is 0 Å². The molecule has 8 heteroatoms. The van der Waals surface area contributed by atoms with Gasteiger partial charge in [-0.1, -0.05) is 23.7 Å². The molecule has 128 valence electrons. The molecule has 0 unspecified atom stereocenters. The highest BCUT2D eigenvalue weighted by Gasteiger charge is 2.18. The van der Waals surface area contributed by atoms with Gasteiger partial charge in [0.05, 0.1) is 22.8 Å². The molecule has 0 saturated carbocycles. The predicted molar refractivity (Wildman–Crippen MR) is 92.9 cm³/mol. The average molecular weight is 369 g/mol. The number of carbonyl (C=O) groups is 1. The summed E-state index contributed by atoms with van der Waals surface area (Å²) in [4.78, 5) is 12.2. The van der Waals surface area contributed by atoms with E-state index in [-0.39, 0.29) is 22.1 Å². The van der Waals surface area contributed by atoms with E-state index in [1.54, 1.807) is 18.2 Å². The summed E-state index contributed by atoms with van der Waals surface area (Å²) < 4.78 is 32.2. The number of sulfonamides is 1. The van der Waals surface area contributed by atoms with Crippen LogP contribution in [0.25, 0.3) is 0 Å². The number of hydrogen-bond donors (Lipinski definition) is 2. The first-order valence-corrected chi connectivity index (χ1v) is 8.95. The SMILES string of the molecule is COCCNC(=O)c1ccccc1NS(=O)(=O)c1ccc(Cl)cc1. The monoisotopic (exact) mass is 368 g/mol. The molecule has 2 N–H and O–H groups in total. The Morgan fingerprint density at radius 1 is 1.12 bits per heavy atom. The highest BCUT2D eigenvalue weighted by atomic mass is 35.5. The summed E-state index contributed by atoms with van der Waals surface area (Å²) in [6, 6.07) is 12.1. The Bertz CT molecular complexity index is 807. The largest absolute Gasteiger partial charge is 0.383 e. The Morgan fingerprint density at radius 3 is 2.46 bits per heavy atom. The predicted octanol–water partition coefficient (Wildman–Crippen LogP) is 2.52. The highest BCUT2D eigenvalue weighted by molar-refractivity contribution is 7.92. The van der Waals surface area contributed by atoms with Crippen LogP contribution in [0.15, 0.2) is 53.4 Å². The van der Waals surface area contributed by atoms with Crippen LogP contribution >= 0.6 is 11.6 Å². The fourth-order valence-corrected chi connectivity index (χ4v) is 3.16. The second-order valence-corrected chi connectivity index (χ2v) is 6.97. The van der Waals surface area contributed by atoms with E-state index in [0.29, 0.717) is 18.2 Å². The van der Waals surface area contributed by atoms with Crippen LogP contribution in [-0.2, 0) is 14.8 Å². The van der Waals surface area contributed by atoms with Gasteiger partial charge in [-0.2, -0.15) is 0 Å². The first-order chi connectivity index (χ1) is 11.4. The maximum atomic E-state index is 12.4. The van der Waals surface area contributed by atoms with E-state index in [9.17, 15) is 13.2 Å². The lowest BCUT2D eigenvalue weighted by molar-refractivity contribution is 0.0938. The van der Waals surface area contributed by atoms with Gasteiger partial charge in [0.2, 0.25) is 0 Å². The molecule has 2 aromatic carbocycles. The van der Waals surface area contributed by atoms with Crippen molar-refractivity contribution in [1.82, 2.24) is 5.32 Å². The zero-order chi connectivity index (χ0) is 17.6. The van der Waals surface area contributed by atoms with Crippen LogP contribution in [0.1, 0.15) is 10.4 Å². The number of benzene rings is 2. The van der Waals surface area contributed by atoms with Crippen LogP contribution in [0, 0.1) is 0 Å². The maximum absolute atomic E-state index is 12.4. The van der Waals surface area contributed by atoms with Gasteiger partial charge in [-0.25, -0.2) is 8.42 Å². The number of anilines is 1. The molecule has 0 fully saturated rings. The van der Waals surface area contributed by atoms with Gasteiger partial charge in [-0.15, -0.1) is 0 Å². The van der Waals surface area contributed by atoms with Crippen molar-refractivity contribution in [1.29, 1.82) is 0 Å². The number of ether oxygens (including phenoxy) is 1. The van der Waals surface area contributed by atoms with Crippen LogP contribution in [0.4, 0.5) is 5.69 Å². The number of hydrogen-bond acceptors (Lipinski definition) is 4. The van der Waals surface area contributed by atoms with Crippen LogP contribution in [0.3, 0.4) is 0 Å². The van der Waals surface area contributed by atoms with Crippen molar-refractivity contribution in [2.24, 2.45) is 0 Å². The lowest BCUT2D eigenvalue weighted by atomic mass is 10.2. The average Bonchev–Trinajstić information content (AvgIpc) is 2.55. The molecule has 0 atom stereocenters. The van der Waals surface area contributed by atoms with Crippen LogP contribution in [0.5, 0.6) is 0 Å². The highest BCUT2D eigenvalue weighted by Crippen LogP contribution is 2.21. The Labute approximate surface area is 145 Å². The second-order valence-electron chi connectivity index (χ2n) is 4.85. The number of halogens is 1. The summed E-state index contributed by atoms with van der Waals surface area (Å²) in [5, 5.41) is 3.09. The topological polar surface area (TPSA) is 84.5 Å². The molecule has 2 aromatic rings. The summed E-state index contributed by atoms with van der Waals surface area (Å²) in [5.41, 5.74) is 0.425. The second kappa shape index (κ2) is 8.14. The standard InChI is InChI=1S/C16H17ClN2O4S/c1-23-11-10-18-16(20)14-4-2-3-5-15(14)19-24(21,22)13-8-6-12(17)7-9-13/h2-9,19H,10-11H2,1H3,(H,18,20). The van der Waals surface area contributed by atoms with Gasteiger partial charge in [0.15, 0.2) is 0 Å². The Balaban J connectivity index is 2.23. The molecule has 0 saturated heterocycles. The number of rotatable bonds is 7. The molecule has 0 bridgehead atoms. The minimum atomic E-state index is -3.82. The summed E-state index contributed by atoms with van der Waals surface area (Å²) in [6.07, 6.45) is 0. The molecule has 0 radical (unpaired) electrons. The number of carbonyl (C=O) groups excluding carboxylic acids is 1. The third-order valence-corrected chi connectivity index (χ3v) is 4.77. The molecule has 0 aromatic heterocycles. The normalized spacial score (nSPS) is 11.1. The third kappa shape index (κ3) is 4.70. The Morgan fingerprint density at radius 2 is 1.79 bits per heavy atom. The van der Waals surface area contributed by atoms with E-state index < -0.39 is 10.0 Å². The molecule has 2 rings (SSSR count). The quantitative estimate of drug-likeness (QED) is 0.735. The van der Waals surface area contributed by atoms with Crippen molar-refractivity contribution < 1.29 is 17.9 Å². The Kier molecular flexibility index (Phi) is 6.19. The van der Waals surface area contributed by atoms with Gasteiger partial charge in [-0.05, 0) is 36.4 Å². The zero-order valence-electron chi connectivity index (χ0n) is 13.0. The summed E-state index contributed by atoms with van der Waals surface area (Å²) in [7, 11) is -2.30. The molecule has 1 amide bonds. The minimum absolute atomic E-state index is 0.0569. The van der Waals surface area contributed by atoms with Gasteiger partial charge < -0.3 is 10.1 Å². The molecule has 0 aliphatic rings. The van der Waals surface area contributed by atoms with Gasteiger partial charge in [0.25, 0.3) is 15.9 Å². The molecular weight excluding hydrogens is 352 g/mol. The lowest BCUT2D eigenvalue weighted by Crippen LogP contribution is -2.28. The van der Waals surface area contributed by atoms with Crippen LogP contribution in [0.2, 0.25) is 5.02 Å². The van der Waals surface area contributed by atoms with E-state index in [1.807, 2.05) is 0 Å². The van der Waals surface area contributed by atoms with E-state index in [2.05, 4.69) is 10.0 Å². The molecule has 24 heavy (non-hydrogen) atoms. The number of methoxy groups -OCH3 is 1. The van der Waals surface area contributed by atoms with Crippen molar-refractivity contribution in [3.8, 4) is 0 Å². The van der Waals surface area contributed by atoms with Crippen LogP contribution in [-0.4, -0.2) is 34.6 Å². The van der Waals surface area contributed by atoms with Crippen LogP contribution < -0.4 is 10.0 Å². The minimum Gasteiger partial charge on any atom is -0.383 e.